The van der Waals surface area contributed by atoms with Crippen LogP contribution < -0.4 is 5.73 Å². The average Bonchev–Trinajstić information content (AvgIpc) is 2.30. The van der Waals surface area contributed by atoms with Gasteiger partial charge in [0.25, 0.3) is 10.2 Å². The van der Waals surface area contributed by atoms with E-state index in [-0.39, 0.29) is 12.0 Å². The molecule has 0 aliphatic carbocycles. The summed E-state index contributed by atoms with van der Waals surface area (Å²) in [7, 11) is -3.28. The van der Waals surface area contributed by atoms with Crippen LogP contribution in [-0.4, -0.2) is 49.2 Å². The lowest BCUT2D eigenvalue weighted by Crippen LogP contribution is -2.53. The molecule has 1 fully saturated rings. The molecule has 1 heterocycles. The second kappa shape index (κ2) is 6.13. The minimum Gasteiger partial charge on any atom is -0.327 e. The summed E-state index contributed by atoms with van der Waals surface area (Å²) in [6, 6.07) is 0.142. The second-order valence-electron chi connectivity index (χ2n) is 4.57. The quantitative estimate of drug-likeness (QED) is 0.791. The lowest BCUT2D eigenvalue weighted by atomic mass is 9.92. The molecule has 5 nitrogen and oxygen atoms in total. The van der Waals surface area contributed by atoms with E-state index in [0.29, 0.717) is 26.2 Å². The van der Waals surface area contributed by atoms with Crippen LogP contribution >= 0.6 is 0 Å². The molecule has 6 heteroatoms. The van der Waals surface area contributed by atoms with Gasteiger partial charge in [0.15, 0.2) is 0 Å². The molecule has 0 saturated carbocycles. The van der Waals surface area contributed by atoms with E-state index in [0.717, 1.165) is 12.8 Å². The monoisotopic (exact) mass is 263 g/mol. The number of hydrogen-bond acceptors (Lipinski definition) is 3. The molecule has 0 aromatic heterocycles. The summed E-state index contributed by atoms with van der Waals surface area (Å²) in [6.45, 7) is 7.98. The molecule has 2 atom stereocenters. The molecule has 0 bridgehead atoms. The Morgan fingerprint density at radius 2 is 1.88 bits per heavy atom. The van der Waals surface area contributed by atoms with E-state index < -0.39 is 10.2 Å². The van der Waals surface area contributed by atoms with Gasteiger partial charge in [0.1, 0.15) is 0 Å². The zero-order valence-electron chi connectivity index (χ0n) is 11.1. The molecular weight excluding hydrogens is 238 g/mol. The van der Waals surface area contributed by atoms with E-state index in [1.165, 1.54) is 4.31 Å². The highest BCUT2D eigenvalue weighted by molar-refractivity contribution is 7.86. The third kappa shape index (κ3) is 3.19. The van der Waals surface area contributed by atoms with Crippen LogP contribution in [0.1, 0.15) is 33.6 Å². The Morgan fingerprint density at radius 1 is 1.29 bits per heavy atom. The van der Waals surface area contributed by atoms with Crippen molar-refractivity contribution >= 4 is 10.2 Å². The summed E-state index contributed by atoms with van der Waals surface area (Å²) in [6.07, 6.45) is 1.70. The molecule has 0 aromatic carbocycles. The summed E-state index contributed by atoms with van der Waals surface area (Å²) in [4.78, 5) is 0. The van der Waals surface area contributed by atoms with Gasteiger partial charge in [-0.2, -0.15) is 17.0 Å². The maximum atomic E-state index is 12.3. The van der Waals surface area contributed by atoms with E-state index in [9.17, 15) is 8.42 Å². The standard InChI is InChI=1S/C11H25N3O2S/c1-4-10-9-14(8-7-11(10)12)17(15,16)13(5-2)6-3/h10-11H,4-9,12H2,1-3H3. The summed E-state index contributed by atoms with van der Waals surface area (Å²) >= 11 is 0. The Bertz CT molecular complexity index is 328. The van der Waals surface area contributed by atoms with Gasteiger partial charge in [-0.05, 0) is 12.3 Å². The number of rotatable bonds is 5. The molecule has 0 spiro atoms. The first-order chi connectivity index (χ1) is 7.97. The highest BCUT2D eigenvalue weighted by Gasteiger charge is 2.34. The van der Waals surface area contributed by atoms with Crippen LogP contribution in [0.15, 0.2) is 0 Å². The van der Waals surface area contributed by atoms with Crippen molar-refractivity contribution in [3.05, 3.63) is 0 Å². The van der Waals surface area contributed by atoms with Crippen LogP contribution in [0.2, 0.25) is 0 Å². The van der Waals surface area contributed by atoms with Crippen molar-refractivity contribution in [3.8, 4) is 0 Å². The van der Waals surface area contributed by atoms with Crippen molar-refractivity contribution in [2.75, 3.05) is 26.2 Å². The van der Waals surface area contributed by atoms with Gasteiger partial charge in [0.05, 0.1) is 0 Å². The summed E-state index contributed by atoms with van der Waals surface area (Å²) < 4.78 is 27.8. The third-order valence-corrected chi connectivity index (χ3v) is 5.79. The van der Waals surface area contributed by atoms with Gasteiger partial charge in [0, 0.05) is 32.2 Å². The average molecular weight is 263 g/mol. The topological polar surface area (TPSA) is 66.6 Å². The molecule has 0 radical (unpaired) electrons. The highest BCUT2D eigenvalue weighted by Crippen LogP contribution is 2.22. The Morgan fingerprint density at radius 3 is 2.35 bits per heavy atom. The molecular formula is C11H25N3O2S. The minimum atomic E-state index is -3.28. The molecule has 1 aliphatic rings. The second-order valence-corrected chi connectivity index (χ2v) is 6.50. The van der Waals surface area contributed by atoms with Gasteiger partial charge >= 0.3 is 0 Å². The zero-order valence-corrected chi connectivity index (χ0v) is 11.9. The summed E-state index contributed by atoms with van der Waals surface area (Å²) in [5.41, 5.74) is 6.00. The Hall–Kier alpha value is -0.170. The number of nitrogens with two attached hydrogens (primary N) is 1. The smallest absolute Gasteiger partial charge is 0.281 e. The van der Waals surface area contributed by atoms with E-state index in [1.807, 2.05) is 13.8 Å². The van der Waals surface area contributed by atoms with Gasteiger partial charge in [-0.3, -0.25) is 0 Å². The predicted molar refractivity (Wildman–Crippen MR) is 69.8 cm³/mol. The van der Waals surface area contributed by atoms with E-state index >= 15 is 0 Å². The van der Waals surface area contributed by atoms with Gasteiger partial charge in [-0.1, -0.05) is 27.2 Å². The zero-order chi connectivity index (χ0) is 13.1. The lowest BCUT2D eigenvalue weighted by molar-refractivity contribution is 0.218. The van der Waals surface area contributed by atoms with Crippen LogP contribution in [0.25, 0.3) is 0 Å². The SMILES string of the molecule is CCC1CN(S(=O)(=O)N(CC)CC)CCC1N. The summed E-state index contributed by atoms with van der Waals surface area (Å²) in [5.74, 6) is 0.286. The molecule has 17 heavy (non-hydrogen) atoms. The maximum Gasteiger partial charge on any atom is 0.281 e. The van der Waals surface area contributed by atoms with E-state index in [4.69, 9.17) is 5.73 Å². The minimum absolute atomic E-state index is 0.142. The Labute approximate surface area is 105 Å². The van der Waals surface area contributed by atoms with Crippen LogP contribution in [0.3, 0.4) is 0 Å². The fourth-order valence-electron chi connectivity index (χ4n) is 2.37. The first-order valence-corrected chi connectivity index (χ1v) is 7.87. The number of piperidine rings is 1. The van der Waals surface area contributed by atoms with Crippen molar-refractivity contribution < 1.29 is 8.42 Å². The first-order valence-electron chi connectivity index (χ1n) is 6.48. The Balaban J connectivity index is 2.79. The molecule has 2 unspecified atom stereocenters. The van der Waals surface area contributed by atoms with Crippen LogP contribution in [0.4, 0.5) is 0 Å². The number of nitrogens with zero attached hydrogens (tertiary/aromatic N) is 2. The highest BCUT2D eigenvalue weighted by atomic mass is 32.2. The molecule has 1 rings (SSSR count). The van der Waals surface area contributed by atoms with Crippen molar-refractivity contribution in [2.24, 2.45) is 11.7 Å². The molecule has 1 aliphatic heterocycles. The molecule has 2 N–H and O–H groups in total. The van der Waals surface area contributed by atoms with Crippen LogP contribution in [0, 0.1) is 5.92 Å². The number of hydrogen-bond donors (Lipinski definition) is 1. The molecule has 1 saturated heterocycles. The van der Waals surface area contributed by atoms with Crippen LogP contribution in [0.5, 0.6) is 0 Å². The fraction of sp³-hybridized carbons (Fsp3) is 1.00. The van der Waals surface area contributed by atoms with E-state index in [1.54, 1.807) is 4.31 Å². The van der Waals surface area contributed by atoms with Gasteiger partial charge in [0.2, 0.25) is 0 Å². The predicted octanol–water partition coefficient (Wildman–Crippen LogP) is 0.632. The van der Waals surface area contributed by atoms with Gasteiger partial charge in [-0.25, -0.2) is 0 Å². The van der Waals surface area contributed by atoms with Crippen molar-refractivity contribution in [1.29, 1.82) is 0 Å². The van der Waals surface area contributed by atoms with Crippen molar-refractivity contribution in [1.82, 2.24) is 8.61 Å². The molecule has 0 amide bonds. The van der Waals surface area contributed by atoms with Gasteiger partial charge < -0.3 is 5.73 Å². The summed E-state index contributed by atoms with van der Waals surface area (Å²) in [5, 5.41) is 0. The largest absolute Gasteiger partial charge is 0.327 e. The van der Waals surface area contributed by atoms with Gasteiger partial charge in [-0.15, -0.1) is 0 Å². The van der Waals surface area contributed by atoms with Crippen molar-refractivity contribution in [2.45, 2.75) is 39.7 Å². The lowest BCUT2D eigenvalue weighted by Gasteiger charge is -2.37. The normalized spacial score (nSPS) is 27.6. The van der Waals surface area contributed by atoms with Crippen molar-refractivity contribution in [3.63, 3.8) is 0 Å². The van der Waals surface area contributed by atoms with Crippen LogP contribution in [-0.2, 0) is 10.2 Å². The van der Waals surface area contributed by atoms with E-state index in [2.05, 4.69) is 6.92 Å². The molecule has 0 aromatic rings. The first kappa shape index (κ1) is 14.9. The fourth-order valence-corrected chi connectivity index (χ4v) is 4.07. The Kier molecular flexibility index (Phi) is 5.37. The molecule has 102 valence electrons. The third-order valence-electron chi connectivity index (χ3n) is 3.64. The maximum absolute atomic E-state index is 12.3.